The highest BCUT2D eigenvalue weighted by molar-refractivity contribution is 8.19. The third-order valence-electron chi connectivity index (χ3n) is 3.29. The van der Waals surface area contributed by atoms with Crippen molar-refractivity contribution in [2.45, 2.75) is 0 Å². The van der Waals surface area contributed by atoms with Gasteiger partial charge in [-0.15, -0.1) is 0 Å². The van der Waals surface area contributed by atoms with Gasteiger partial charge in [0, 0.05) is 0 Å². The molecule has 0 unspecified atom stereocenters. The number of thioether (sulfide) groups is 1. The van der Waals surface area contributed by atoms with Gasteiger partial charge in [0.2, 0.25) is 0 Å². The van der Waals surface area contributed by atoms with Crippen molar-refractivity contribution in [1.82, 2.24) is 0 Å². The van der Waals surface area contributed by atoms with Crippen LogP contribution < -0.4 is 9.64 Å². The zero-order chi connectivity index (χ0) is 16.9. The molecule has 1 aliphatic rings. The fourth-order valence-corrected chi connectivity index (χ4v) is 3.04. The van der Waals surface area contributed by atoms with Crippen LogP contribution in [-0.2, 0) is 4.79 Å². The van der Waals surface area contributed by atoms with Gasteiger partial charge in [-0.25, -0.2) is 4.90 Å². The highest BCUT2D eigenvalue weighted by Gasteiger charge is 2.36. The van der Waals surface area contributed by atoms with Crippen LogP contribution in [0.3, 0.4) is 0 Å². The Morgan fingerprint density at radius 3 is 2.46 bits per heavy atom. The van der Waals surface area contributed by atoms with Crippen LogP contribution in [0, 0.1) is 11.3 Å². The summed E-state index contributed by atoms with van der Waals surface area (Å²) in [5.41, 5.74) is 1.33. The summed E-state index contributed by atoms with van der Waals surface area (Å²) in [6, 6.07) is 17.7. The molecule has 0 atom stereocenters. The first-order valence-corrected chi connectivity index (χ1v) is 7.93. The van der Waals surface area contributed by atoms with Crippen LogP contribution in [0.4, 0.5) is 10.5 Å². The lowest BCUT2D eigenvalue weighted by Crippen LogP contribution is -2.27. The molecule has 2 amide bonds. The summed E-state index contributed by atoms with van der Waals surface area (Å²) in [6.45, 7) is -0.0185. The Labute approximate surface area is 143 Å². The number of carbonyl (C=O) groups is 2. The van der Waals surface area contributed by atoms with E-state index in [9.17, 15) is 9.59 Å². The minimum atomic E-state index is -0.332. The molecule has 1 aliphatic heterocycles. The Morgan fingerprint density at radius 1 is 1.08 bits per heavy atom. The van der Waals surface area contributed by atoms with Crippen LogP contribution in [0.15, 0.2) is 59.5 Å². The Hall–Kier alpha value is -3.04. The van der Waals surface area contributed by atoms with Gasteiger partial charge in [0.05, 0.1) is 10.6 Å². The molecule has 5 nitrogen and oxygen atoms in total. The topological polar surface area (TPSA) is 70.4 Å². The van der Waals surface area contributed by atoms with E-state index in [1.165, 1.54) is 4.90 Å². The van der Waals surface area contributed by atoms with E-state index in [-0.39, 0.29) is 17.8 Å². The predicted octanol–water partition coefficient (Wildman–Crippen LogP) is 3.83. The SMILES string of the molecule is N#CCOc1ccc(C=C2SC(=O)N(c3ccccc3)C2=O)cc1. The summed E-state index contributed by atoms with van der Waals surface area (Å²) < 4.78 is 5.18. The van der Waals surface area contributed by atoms with Crippen molar-refractivity contribution in [2.75, 3.05) is 11.5 Å². The van der Waals surface area contributed by atoms with E-state index in [0.717, 1.165) is 17.3 Å². The predicted molar refractivity (Wildman–Crippen MR) is 92.4 cm³/mol. The highest BCUT2D eigenvalue weighted by Crippen LogP contribution is 2.35. The number of para-hydroxylation sites is 1. The molecule has 0 spiro atoms. The smallest absolute Gasteiger partial charge is 0.298 e. The van der Waals surface area contributed by atoms with Crippen LogP contribution in [0.2, 0.25) is 0 Å². The second kappa shape index (κ2) is 7.02. The van der Waals surface area contributed by atoms with Crippen molar-refractivity contribution >= 4 is 34.7 Å². The summed E-state index contributed by atoms with van der Waals surface area (Å²) >= 11 is 0.914. The number of carbonyl (C=O) groups excluding carboxylic acids is 2. The fourth-order valence-electron chi connectivity index (χ4n) is 2.19. The minimum absolute atomic E-state index is 0.0185. The molecule has 0 aliphatic carbocycles. The molecule has 3 rings (SSSR count). The molecule has 1 fully saturated rings. The van der Waals surface area contributed by atoms with Crippen LogP contribution in [-0.4, -0.2) is 17.8 Å². The first-order valence-electron chi connectivity index (χ1n) is 7.12. The Bertz CT molecular complexity index is 839. The normalized spacial score (nSPS) is 15.6. The van der Waals surface area contributed by atoms with E-state index in [0.29, 0.717) is 16.3 Å². The molecule has 2 aromatic carbocycles. The first kappa shape index (κ1) is 15.8. The van der Waals surface area contributed by atoms with Crippen molar-refractivity contribution < 1.29 is 14.3 Å². The monoisotopic (exact) mass is 336 g/mol. The standard InChI is InChI=1S/C18H12N2O3S/c19-10-11-23-15-8-6-13(7-9-15)12-16-17(21)20(18(22)24-16)14-4-2-1-3-5-14/h1-9,12H,11H2. The Balaban J connectivity index is 1.80. The molecule has 0 radical (unpaired) electrons. The zero-order valence-electron chi connectivity index (χ0n) is 12.5. The van der Waals surface area contributed by atoms with Gasteiger partial charge in [-0.1, -0.05) is 30.3 Å². The quantitative estimate of drug-likeness (QED) is 0.794. The van der Waals surface area contributed by atoms with Gasteiger partial charge in [0.1, 0.15) is 11.8 Å². The number of anilines is 1. The van der Waals surface area contributed by atoms with E-state index >= 15 is 0 Å². The molecular formula is C18H12N2O3S. The van der Waals surface area contributed by atoms with E-state index in [4.69, 9.17) is 10.00 Å². The molecule has 0 aromatic heterocycles. The van der Waals surface area contributed by atoms with Gasteiger partial charge in [-0.3, -0.25) is 9.59 Å². The van der Waals surface area contributed by atoms with Gasteiger partial charge < -0.3 is 4.74 Å². The summed E-state index contributed by atoms with van der Waals surface area (Å²) in [7, 11) is 0. The molecule has 0 N–H and O–H groups in total. The largest absolute Gasteiger partial charge is 0.479 e. The van der Waals surface area contributed by atoms with Crippen LogP contribution in [0.5, 0.6) is 5.75 Å². The van der Waals surface area contributed by atoms with Crippen molar-refractivity contribution in [3.8, 4) is 11.8 Å². The van der Waals surface area contributed by atoms with E-state index in [1.54, 1.807) is 54.6 Å². The molecule has 0 bridgehead atoms. The van der Waals surface area contributed by atoms with Gasteiger partial charge in [-0.05, 0) is 47.7 Å². The summed E-state index contributed by atoms with van der Waals surface area (Å²) in [5.74, 6) is 0.243. The van der Waals surface area contributed by atoms with Crippen molar-refractivity contribution in [3.63, 3.8) is 0 Å². The molecule has 24 heavy (non-hydrogen) atoms. The van der Waals surface area contributed by atoms with Crippen molar-refractivity contribution in [3.05, 3.63) is 65.1 Å². The number of ether oxygens (including phenoxy) is 1. The Kier molecular flexibility index (Phi) is 4.64. The second-order valence-electron chi connectivity index (χ2n) is 4.87. The number of hydrogen-bond donors (Lipinski definition) is 0. The molecule has 2 aromatic rings. The molecule has 1 heterocycles. The number of nitriles is 1. The summed E-state index contributed by atoms with van der Waals surface area (Å²) in [4.78, 5) is 26.2. The number of nitrogens with zero attached hydrogens (tertiary/aromatic N) is 2. The lowest BCUT2D eigenvalue weighted by molar-refractivity contribution is -0.113. The molecule has 6 heteroatoms. The van der Waals surface area contributed by atoms with Crippen LogP contribution in [0.25, 0.3) is 6.08 Å². The molecule has 1 saturated heterocycles. The third kappa shape index (κ3) is 3.31. The van der Waals surface area contributed by atoms with Gasteiger partial charge in [0.15, 0.2) is 6.61 Å². The maximum atomic E-state index is 12.5. The van der Waals surface area contributed by atoms with Gasteiger partial charge >= 0.3 is 0 Å². The number of hydrogen-bond acceptors (Lipinski definition) is 5. The average Bonchev–Trinajstić information content (AvgIpc) is 2.88. The lowest BCUT2D eigenvalue weighted by Gasteiger charge is -2.11. The number of benzene rings is 2. The van der Waals surface area contributed by atoms with E-state index in [2.05, 4.69) is 0 Å². The second-order valence-corrected chi connectivity index (χ2v) is 5.86. The maximum absolute atomic E-state index is 12.5. The first-order chi connectivity index (χ1) is 11.7. The van der Waals surface area contributed by atoms with Gasteiger partial charge in [0.25, 0.3) is 11.1 Å². The number of imide groups is 1. The Morgan fingerprint density at radius 2 is 1.79 bits per heavy atom. The maximum Gasteiger partial charge on any atom is 0.298 e. The van der Waals surface area contributed by atoms with E-state index < -0.39 is 0 Å². The fraction of sp³-hybridized carbons (Fsp3) is 0.0556. The highest BCUT2D eigenvalue weighted by atomic mass is 32.2. The van der Waals surface area contributed by atoms with Crippen LogP contribution in [0.1, 0.15) is 5.56 Å². The minimum Gasteiger partial charge on any atom is -0.479 e. The summed E-state index contributed by atoms with van der Waals surface area (Å²) in [5, 5.41) is 8.17. The molecule has 118 valence electrons. The summed E-state index contributed by atoms with van der Waals surface area (Å²) in [6.07, 6.45) is 1.67. The number of rotatable bonds is 4. The van der Waals surface area contributed by atoms with Crippen molar-refractivity contribution in [2.24, 2.45) is 0 Å². The third-order valence-corrected chi connectivity index (χ3v) is 4.16. The van der Waals surface area contributed by atoms with E-state index in [1.807, 2.05) is 12.1 Å². The molecular weight excluding hydrogens is 324 g/mol. The average molecular weight is 336 g/mol. The lowest BCUT2D eigenvalue weighted by atomic mass is 10.2. The number of amides is 2. The molecule has 0 saturated carbocycles. The zero-order valence-corrected chi connectivity index (χ0v) is 13.3. The van der Waals surface area contributed by atoms with Crippen molar-refractivity contribution in [1.29, 1.82) is 5.26 Å². The van der Waals surface area contributed by atoms with Gasteiger partial charge in [-0.2, -0.15) is 5.26 Å². The van der Waals surface area contributed by atoms with Crippen LogP contribution >= 0.6 is 11.8 Å².